The average molecular weight is 225 g/mol. The Kier molecular flexibility index (Phi) is 3.21. The van der Waals surface area contributed by atoms with Gasteiger partial charge in [-0.2, -0.15) is 0 Å². The first-order valence-corrected chi connectivity index (χ1v) is 5.53. The summed E-state index contributed by atoms with van der Waals surface area (Å²) >= 11 is 6.08. The molecule has 0 saturated heterocycles. The highest BCUT2D eigenvalue weighted by Crippen LogP contribution is 2.35. The molecule has 0 radical (unpaired) electrons. The Morgan fingerprint density at radius 1 is 1.53 bits per heavy atom. The molecule has 4 heteroatoms. The van der Waals surface area contributed by atoms with Crippen molar-refractivity contribution in [2.24, 2.45) is 5.92 Å². The van der Waals surface area contributed by atoms with Crippen LogP contribution < -0.4 is 5.32 Å². The molecule has 1 aromatic heterocycles. The SMILES string of the molecule is O=C(NCC(Cl)C1CC1)c1ccncc1. The van der Waals surface area contributed by atoms with E-state index in [9.17, 15) is 4.79 Å². The van der Waals surface area contributed by atoms with E-state index in [1.54, 1.807) is 24.5 Å². The van der Waals surface area contributed by atoms with Crippen LogP contribution in [0.25, 0.3) is 0 Å². The van der Waals surface area contributed by atoms with Gasteiger partial charge in [0.05, 0.1) is 5.38 Å². The number of rotatable bonds is 4. The Morgan fingerprint density at radius 2 is 2.20 bits per heavy atom. The van der Waals surface area contributed by atoms with E-state index < -0.39 is 0 Å². The third-order valence-electron chi connectivity index (χ3n) is 2.53. The van der Waals surface area contributed by atoms with Gasteiger partial charge in [0.2, 0.25) is 0 Å². The fraction of sp³-hybridized carbons (Fsp3) is 0.455. The normalized spacial score (nSPS) is 17.1. The maximum Gasteiger partial charge on any atom is 0.251 e. The lowest BCUT2D eigenvalue weighted by molar-refractivity contribution is 0.0953. The fourth-order valence-electron chi connectivity index (χ4n) is 1.42. The van der Waals surface area contributed by atoms with Crippen LogP contribution in [0.1, 0.15) is 23.2 Å². The fourth-order valence-corrected chi connectivity index (χ4v) is 1.75. The van der Waals surface area contributed by atoms with Crippen LogP contribution in [0.15, 0.2) is 24.5 Å². The molecule has 1 aliphatic rings. The molecular weight excluding hydrogens is 212 g/mol. The van der Waals surface area contributed by atoms with Crippen molar-refractivity contribution in [3.8, 4) is 0 Å². The van der Waals surface area contributed by atoms with E-state index in [1.165, 1.54) is 12.8 Å². The van der Waals surface area contributed by atoms with Crippen molar-refractivity contribution >= 4 is 17.5 Å². The van der Waals surface area contributed by atoms with Crippen molar-refractivity contribution in [1.82, 2.24) is 10.3 Å². The number of nitrogens with one attached hydrogen (secondary N) is 1. The van der Waals surface area contributed by atoms with Gasteiger partial charge in [-0.25, -0.2) is 0 Å². The molecule has 3 nitrogen and oxygen atoms in total. The highest BCUT2D eigenvalue weighted by atomic mass is 35.5. The Hall–Kier alpha value is -1.09. The van der Waals surface area contributed by atoms with Crippen molar-refractivity contribution in [2.75, 3.05) is 6.54 Å². The van der Waals surface area contributed by atoms with Crippen LogP contribution in [-0.2, 0) is 0 Å². The van der Waals surface area contributed by atoms with Crippen LogP contribution in [-0.4, -0.2) is 22.8 Å². The van der Waals surface area contributed by atoms with Gasteiger partial charge in [-0.3, -0.25) is 9.78 Å². The quantitative estimate of drug-likeness (QED) is 0.793. The minimum absolute atomic E-state index is 0.0794. The van der Waals surface area contributed by atoms with Gasteiger partial charge in [0.1, 0.15) is 0 Å². The molecule has 1 N–H and O–H groups in total. The second-order valence-corrected chi connectivity index (χ2v) is 4.36. The van der Waals surface area contributed by atoms with Gasteiger partial charge in [0.15, 0.2) is 0 Å². The van der Waals surface area contributed by atoms with Gasteiger partial charge in [0, 0.05) is 24.5 Å². The zero-order valence-corrected chi connectivity index (χ0v) is 9.07. The molecule has 0 spiro atoms. The minimum Gasteiger partial charge on any atom is -0.351 e. The molecule has 1 heterocycles. The summed E-state index contributed by atoms with van der Waals surface area (Å²) < 4.78 is 0. The zero-order valence-electron chi connectivity index (χ0n) is 8.32. The Morgan fingerprint density at radius 3 is 2.80 bits per heavy atom. The molecule has 1 amide bonds. The van der Waals surface area contributed by atoms with Crippen molar-refractivity contribution in [2.45, 2.75) is 18.2 Å². The molecule has 2 rings (SSSR count). The molecule has 1 atom stereocenters. The molecule has 1 aromatic rings. The Labute approximate surface area is 93.8 Å². The molecule has 80 valence electrons. The maximum atomic E-state index is 11.6. The number of halogens is 1. The van der Waals surface area contributed by atoms with Gasteiger partial charge in [-0.05, 0) is 30.9 Å². The number of hydrogen-bond donors (Lipinski definition) is 1. The largest absolute Gasteiger partial charge is 0.351 e. The average Bonchev–Trinajstić information content (AvgIpc) is 3.10. The van der Waals surface area contributed by atoms with Gasteiger partial charge in [-0.1, -0.05) is 0 Å². The van der Waals surface area contributed by atoms with Crippen molar-refractivity contribution in [3.63, 3.8) is 0 Å². The zero-order chi connectivity index (χ0) is 10.7. The lowest BCUT2D eigenvalue weighted by Gasteiger charge is -2.09. The van der Waals surface area contributed by atoms with Crippen molar-refractivity contribution < 1.29 is 4.79 Å². The number of pyridine rings is 1. The van der Waals surface area contributed by atoms with E-state index >= 15 is 0 Å². The molecule has 0 aromatic carbocycles. The first-order chi connectivity index (χ1) is 7.27. The third-order valence-corrected chi connectivity index (χ3v) is 3.04. The number of nitrogens with zero attached hydrogens (tertiary/aromatic N) is 1. The van der Waals surface area contributed by atoms with Gasteiger partial charge in [0.25, 0.3) is 5.91 Å². The Bertz CT molecular complexity index is 338. The van der Waals surface area contributed by atoms with Crippen molar-refractivity contribution in [3.05, 3.63) is 30.1 Å². The lowest BCUT2D eigenvalue weighted by Crippen LogP contribution is -2.30. The van der Waals surface area contributed by atoms with Crippen molar-refractivity contribution in [1.29, 1.82) is 0 Å². The summed E-state index contributed by atoms with van der Waals surface area (Å²) in [5.74, 6) is 0.521. The summed E-state index contributed by atoms with van der Waals surface area (Å²) in [6.45, 7) is 0.549. The van der Waals surface area contributed by atoms with Crippen LogP contribution in [0.2, 0.25) is 0 Å². The van der Waals surface area contributed by atoms with Gasteiger partial charge < -0.3 is 5.32 Å². The molecule has 1 saturated carbocycles. The van der Waals surface area contributed by atoms with Crippen LogP contribution in [0.5, 0.6) is 0 Å². The van der Waals surface area contributed by atoms with E-state index in [-0.39, 0.29) is 11.3 Å². The first kappa shape index (κ1) is 10.4. The summed E-state index contributed by atoms with van der Waals surface area (Å²) in [7, 11) is 0. The van der Waals surface area contributed by atoms with Crippen LogP contribution in [0, 0.1) is 5.92 Å². The monoisotopic (exact) mass is 224 g/mol. The maximum absolute atomic E-state index is 11.6. The van der Waals surface area contributed by atoms with E-state index in [0.717, 1.165) is 0 Å². The summed E-state index contributed by atoms with van der Waals surface area (Å²) in [5.41, 5.74) is 0.629. The summed E-state index contributed by atoms with van der Waals surface area (Å²) in [6.07, 6.45) is 5.60. The first-order valence-electron chi connectivity index (χ1n) is 5.09. The Balaban J connectivity index is 1.82. The lowest BCUT2D eigenvalue weighted by atomic mass is 10.2. The predicted molar refractivity (Wildman–Crippen MR) is 58.9 cm³/mol. The highest BCUT2D eigenvalue weighted by Gasteiger charge is 2.29. The number of aromatic nitrogens is 1. The van der Waals surface area contributed by atoms with E-state index in [1.807, 2.05) is 0 Å². The minimum atomic E-state index is -0.0799. The van der Waals surface area contributed by atoms with Crippen LogP contribution >= 0.6 is 11.6 Å². The highest BCUT2D eigenvalue weighted by molar-refractivity contribution is 6.21. The molecule has 1 fully saturated rings. The molecule has 15 heavy (non-hydrogen) atoms. The number of carbonyl (C=O) groups excluding carboxylic acids is 1. The third kappa shape index (κ3) is 2.93. The van der Waals surface area contributed by atoms with Gasteiger partial charge in [-0.15, -0.1) is 11.6 Å². The van der Waals surface area contributed by atoms with E-state index in [0.29, 0.717) is 18.0 Å². The molecule has 0 aliphatic heterocycles. The predicted octanol–water partition coefficient (Wildman–Crippen LogP) is 1.83. The smallest absolute Gasteiger partial charge is 0.251 e. The number of alkyl halides is 1. The second-order valence-electron chi connectivity index (χ2n) is 3.80. The van der Waals surface area contributed by atoms with Crippen LogP contribution in [0.3, 0.4) is 0 Å². The number of carbonyl (C=O) groups is 1. The van der Waals surface area contributed by atoms with Gasteiger partial charge >= 0.3 is 0 Å². The number of amides is 1. The number of hydrogen-bond acceptors (Lipinski definition) is 2. The molecular formula is C11H13ClN2O. The van der Waals surface area contributed by atoms with E-state index in [2.05, 4.69) is 10.3 Å². The second kappa shape index (κ2) is 4.62. The molecule has 0 bridgehead atoms. The van der Waals surface area contributed by atoms with E-state index in [4.69, 9.17) is 11.6 Å². The van der Waals surface area contributed by atoms with Crippen LogP contribution in [0.4, 0.5) is 0 Å². The molecule has 1 aliphatic carbocycles. The summed E-state index contributed by atoms with van der Waals surface area (Å²) in [4.78, 5) is 15.4. The summed E-state index contributed by atoms with van der Waals surface area (Å²) in [5, 5.41) is 2.90. The summed E-state index contributed by atoms with van der Waals surface area (Å²) in [6, 6.07) is 3.38. The topological polar surface area (TPSA) is 42.0 Å². The standard InChI is InChI=1S/C11H13ClN2O/c12-10(8-1-2-8)7-14-11(15)9-3-5-13-6-4-9/h3-6,8,10H,1-2,7H2,(H,14,15). The molecule has 1 unspecified atom stereocenters.